The molecular formula is C44H43BrN4O7S. The van der Waals surface area contributed by atoms with Gasteiger partial charge in [0, 0.05) is 52.8 Å². The SMILES string of the molecule is O=C1CCC(N2C(=O)c3ccc(N4CCN(CCCCCCCOc5ccc(Oc6c(-c7ccc(Br)cc7)sc7cc(O)ccc67)cc5)CC4)cc3C2=O)C(=O)N1. The van der Waals surface area contributed by atoms with E-state index in [0.29, 0.717) is 23.5 Å². The number of anilines is 1. The summed E-state index contributed by atoms with van der Waals surface area (Å²) in [6.07, 6.45) is 5.79. The third-order valence-electron chi connectivity index (χ3n) is 10.8. The Morgan fingerprint density at radius 3 is 2.26 bits per heavy atom. The molecule has 4 aromatic carbocycles. The molecule has 0 saturated carbocycles. The van der Waals surface area contributed by atoms with Crippen molar-refractivity contribution in [3.05, 3.63) is 101 Å². The number of phenols is 1. The average Bonchev–Trinajstić information content (AvgIpc) is 3.69. The molecule has 3 aliphatic heterocycles. The fourth-order valence-electron chi connectivity index (χ4n) is 7.72. The van der Waals surface area contributed by atoms with Gasteiger partial charge in [-0.15, -0.1) is 11.3 Å². The zero-order valence-corrected chi connectivity index (χ0v) is 33.8. The summed E-state index contributed by atoms with van der Waals surface area (Å²) in [5.74, 6) is 0.576. The van der Waals surface area contributed by atoms with Gasteiger partial charge in [0.25, 0.3) is 11.8 Å². The molecule has 4 heterocycles. The first-order valence-corrected chi connectivity index (χ1v) is 21.1. The van der Waals surface area contributed by atoms with E-state index in [1.807, 2.05) is 48.5 Å². The molecule has 5 aromatic rings. The Morgan fingerprint density at radius 2 is 1.49 bits per heavy atom. The summed E-state index contributed by atoms with van der Waals surface area (Å²) < 4.78 is 14.5. The highest BCUT2D eigenvalue weighted by Crippen LogP contribution is 2.47. The molecule has 13 heteroatoms. The molecule has 57 heavy (non-hydrogen) atoms. The predicted octanol–water partition coefficient (Wildman–Crippen LogP) is 8.38. The van der Waals surface area contributed by atoms with Crippen molar-refractivity contribution < 1.29 is 33.8 Å². The lowest BCUT2D eigenvalue weighted by Gasteiger charge is -2.36. The van der Waals surface area contributed by atoms with Crippen molar-refractivity contribution in [1.29, 1.82) is 0 Å². The van der Waals surface area contributed by atoms with E-state index >= 15 is 0 Å². The highest BCUT2D eigenvalue weighted by atomic mass is 79.9. The number of carbonyl (C=O) groups is 4. The predicted molar refractivity (Wildman–Crippen MR) is 223 cm³/mol. The first kappa shape index (κ1) is 38.6. The molecule has 8 rings (SSSR count). The lowest BCUT2D eigenvalue weighted by atomic mass is 10.0. The number of phenolic OH excluding ortho intramolecular Hbond substituents is 1. The number of piperidine rings is 1. The highest BCUT2D eigenvalue weighted by Gasteiger charge is 2.44. The van der Waals surface area contributed by atoms with Crippen LogP contribution in [-0.4, -0.2) is 83.9 Å². The second-order valence-corrected chi connectivity index (χ2v) is 16.6. The monoisotopic (exact) mass is 850 g/mol. The maximum absolute atomic E-state index is 13.3. The van der Waals surface area contributed by atoms with Gasteiger partial charge in [0.05, 0.1) is 22.6 Å². The van der Waals surface area contributed by atoms with Crippen LogP contribution >= 0.6 is 27.3 Å². The van der Waals surface area contributed by atoms with Crippen LogP contribution in [0.15, 0.2) is 89.4 Å². The first-order chi connectivity index (χ1) is 27.7. The number of fused-ring (bicyclic) bond motifs is 2. The van der Waals surface area contributed by atoms with E-state index < -0.39 is 23.8 Å². The molecule has 0 aliphatic carbocycles. The van der Waals surface area contributed by atoms with Crippen LogP contribution in [-0.2, 0) is 9.59 Å². The summed E-state index contributed by atoms with van der Waals surface area (Å²) in [5, 5.41) is 13.3. The summed E-state index contributed by atoms with van der Waals surface area (Å²) in [5.41, 5.74) is 2.56. The van der Waals surface area contributed by atoms with Crippen LogP contribution < -0.4 is 19.7 Å². The third kappa shape index (κ3) is 8.56. The summed E-state index contributed by atoms with van der Waals surface area (Å²) in [6.45, 7) is 5.20. The fraction of sp³-hybridized carbons (Fsp3) is 0.318. The van der Waals surface area contributed by atoms with E-state index in [0.717, 1.165) is 112 Å². The number of amides is 4. The van der Waals surface area contributed by atoms with Crippen LogP contribution in [0.1, 0.15) is 65.7 Å². The number of piperazine rings is 1. The van der Waals surface area contributed by atoms with Crippen molar-refractivity contribution in [2.24, 2.45) is 0 Å². The average molecular weight is 852 g/mol. The van der Waals surface area contributed by atoms with Gasteiger partial charge in [-0.1, -0.05) is 47.3 Å². The van der Waals surface area contributed by atoms with Crippen LogP contribution in [0.4, 0.5) is 5.69 Å². The van der Waals surface area contributed by atoms with Gasteiger partial charge < -0.3 is 19.5 Å². The lowest BCUT2D eigenvalue weighted by Crippen LogP contribution is -2.54. The fourth-order valence-corrected chi connectivity index (χ4v) is 9.15. The van der Waals surface area contributed by atoms with E-state index in [1.54, 1.807) is 35.6 Å². The molecule has 0 bridgehead atoms. The number of nitrogens with zero attached hydrogens (tertiary/aromatic N) is 3. The minimum atomic E-state index is -0.961. The molecule has 294 valence electrons. The molecule has 2 fully saturated rings. The molecule has 1 atom stereocenters. The Balaban J connectivity index is 0.733. The zero-order chi connectivity index (χ0) is 39.5. The third-order valence-corrected chi connectivity index (χ3v) is 12.5. The largest absolute Gasteiger partial charge is 0.508 e. The molecule has 0 radical (unpaired) electrons. The number of unbranched alkanes of at least 4 members (excludes halogenated alkanes) is 4. The van der Waals surface area contributed by atoms with Gasteiger partial charge >= 0.3 is 0 Å². The molecule has 1 unspecified atom stereocenters. The van der Waals surface area contributed by atoms with Gasteiger partial charge in [0.1, 0.15) is 23.3 Å². The van der Waals surface area contributed by atoms with E-state index in [4.69, 9.17) is 9.47 Å². The number of hydrogen-bond donors (Lipinski definition) is 2. The minimum Gasteiger partial charge on any atom is -0.508 e. The molecule has 4 amide bonds. The zero-order valence-electron chi connectivity index (χ0n) is 31.4. The van der Waals surface area contributed by atoms with Crippen molar-refractivity contribution >= 4 is 66.7 Å². The Kier molecular flexibility index (Phi) is 11.6. The Bertz CT molecular complexity index is 2300. The maximum atomic E-state index is 13.3. The normalized spacial score (nSPS) is 17.3. The summed E-state index contributed by atoms with van der Waals surface area (Å²) >= 11 is 5.11. The molecule has 11 nitrogen and oxygen atoms in total. The highest BCUT2D eigenvalue weighted by molar-refractivity contribution is 9.10. The van der Waals surface area contributed by atoms with Gasteiger partial charge in [-0.3, -0.25) is 34.3 Å². The van der Waals surface area contributed by atoms with Crippen LogP contribution in [0, 0.1) is 0 Å². The molecule has 1 aromatic heterocycles. The van der Waals surface area contributed by atoms with Crippen molar-refractivity contribution in [1.82, 2.24) is 15.1 Å². The summed E-state index contributed by atoms with van der Waals surface area (Å²) in [6, 6.07) is 25.6. The van der Waals surface area contributed by atoms with Gasteiger partial charge in [-0.2, -0.15) is 0 Å². The van der Waals surface area contributed by atoms with Crippen molar-refractivity contribution in [3.8, 4) is 33.4 Å². The van der Waals surface area contributed by atoms with Crippen molar-refractivity contribution in [2.75, 3.05) is 44.2 Å². The van der Waals surface area contributed by atoms with Gasteiger partial charge in [0.15, 0.2) is 5.75 Å². The number of hydrogen-bond acceptors (Lipinski definition) is 10. The van der Waals surface area contributed by atoms with Crippen LogP contribution in [0.5, 0.6) is 23.0 Å². The van der Waals surface area contributed by atoms with E-state index in [-0.39, 0.29) is 24.5 Å². The Hall–Kier alpha value is -5.24. The number of rotatable bonds is 14. The second-order valence-electron chi connectivity index (χ2n) is 14.6. The minimum absolute atomic E-state index is 0.0996. The van der Waals surface area contributed by atoms with E-state index in [1.165, 1.54) is 0 Å². The number of nitrogens with one attached hydrogen (secondary N) is 1. The lowest BCUT2D eigenvalue weighted by molar-refractivity contribution is -0.136. The van der Waals surface area contributed by atoms with E-state index in [2.05, 4.69) is 43.2 Å². The first-order valence-electron chi connectivity index (χ1n) is 19.5. The molecular weight excluding hydrogens is 808 g/mol. The van der Waals surface area contributed by atoms with Crippen LogP contribution in [0.3, 0.4) is 0 Å². The van der Waals surface area contributed by atoms with Crippen LogP contribution in [0.2, 0.25) is 0 Å². The van der Waals surface area contributed by atoms with Gasteiger partial charge in [-0.25, -0.2) is 0 Å². The van der Waals surface area contributed by atoms with Crippen molar-refractivity contribution in [2.45, 2.75) is 51.0 Å². The molecule has 3 aliphatic rings. The quantitative estimate of drug-likeness (QED) is 0.0837. The summed E-state index contributed by atoms with van der Waals surface area (Å²) in [4.78, 5) is 57.0. The number of benzene rings is 4. The second kappa shape index (κ2) is 17.1. The summed E-state index contributed by atoms with van der Waals surface area (Å²) in [7, 11) is 0. The molecule has 2 saturated heterocycles. The molecule has 0 spiro atoms. The molecule has 2 N–H and O–H groups in total. The smallest absolute Gasteiger partial charge is 0.262 e. The Labute approximate surface area is 343 Å². The van der Waals surface area contributed by atoms with E-state index in [9.17, 15) is 24.3 Å². The number of carbonyl (C=O) groups excluding carboxylic acids is 4. The standard InChI is InChI=1S/C44H43BrN4O7S/c45-29-8-6-28(7-9-29)41-40(35-17-11-31(50)27-38(35)57-41)56-33-14-12-32(13-15-33)55-25-5-3-1-2-4-20-47-21-23-48(24-22-47)30-10-16-34-36(26-30)44(54)49(43(34)53)37-18-19-39(51)46-42(37)52/h6-17,26-27,37,50H,1-5,18-25H2,(H,46,51,52). The number of ether oxygens (including phenoxy) is 2. The van der Waals surface area contributed by atoms with Gasteiger partial charge in [-0.05, 0) is 104 Å². The van der Waals surface area contributed by atoms with Gasteiger partial charge in [0.2, 0.25) is 11.8 Å². The maximum Gasteiger partial charge on any atom is 0.262 e. The number of aromatic hydroxyl groups is 1. The number of thiophene rings is 1. The number of imide groups is 2. The Morgan fingerprint density at radius 1 is 0.772 bits per heavy atom. The van der Waals surface area contributed by atoms with Crippen LogP contribution in [0.25, 0.3) is 20.5 Å². The number of halogens is 1. The van der Waals surface area contributed by atoms with Crippen molar-refractivity contribution in [3.63, 3.8) is 0 Å². The topological polar surface area (TPSA) is 129 Å².